The number of aryl methyl sites for hydroxylation is 4. The maximum atomic E-state index is 5.92. The molecule has 5 nitrogen and oxygen atoms in total. The number of aromatic nitrogens is 4. The van der Waals surface area contributed by atoms with E-state index in [9.17, 15) is 0 Å². The molecule has 0 aliphatic carbocycles. The summed E-state index contributed by atoms with van der Waals surface area (Å²) in [6, 6.07) is 0. The molecule has 0 fully saturated rings. The zero-order chi connectivity index (χ0) is 14.7. The average Bonchev–Trinajstić information content (AvgIpc) is 2.89. The van der Waals surface area contributed by atoms with E-state index in [0.29, 0.717) is 5.88 Å². The van der Waals surface area contributed by atoms with E-state index in [-0.39, 0.29) is 0 Å². The van der Waals surface area contributed by atoms with E-state index in [4.69, 9.17) is 16.6 Å². The van der Waals surface area contributed by atoms with Crippen LogP contribution in [0.4, 0.5) is 0 Å². The lowest BCUT2D eigenvalue weighted by Gasteiger charge is -2.12. The Labute approximate surface area is 125 Å². The molecular weight excluding hydrogens is 274 g/mol. The standard InChI is InChI=1S/C14H24ClN5/c1-5-20-14-13(11(2)17-20)16-12(7-8-15)19(14)10-6-9-18(3)4/h5-10H2,1-4H3. The Kier molecular flexibility index (Phi) is 5.05. The molecule has 0 N–H and O–H groups in total. The highest BCUT2D eigenvalue weighted by molar-refractivity contribution is 6.17. The van der Waals surface area contributed by atoms with Gasteiger partial charge < -0.3 is 9.47 Å². The number of halogens is 1. The molecule has 0 saturated carbocycles. The molecule has 0 atom stereocenters. The van der Waals surface area contributed by atoms with Crippen LogP contribution in [0.2, 0.25) is 0 Å². The van der Waals surface area contributed by atoms with Gasteiger partial charge in [0.1, 0.15) is 11.3 Å². The van der Waals surface area contributed by atoms with Crippen molar-refractivity contribution >= 4 is 22.8 Å². The van der Waals surface area contributed by atoms with Gasteiger partial charge in [-0.2, -0.15) is 5.10 Å². The predicted octanol–water partition coefficient (Wildman–Crippen LogP) is 2.29. The van der Waals surface area contributed by atoms with Crippen LogP contribution in [-0.2, 0) is 19.5 Å². The van der Waals surface area contributed by atoms with Crippen molar-refractivity contribution in [3.8, 4) is 0 Å². The Morgan fingerprint density at radius 3 is 2.65 bits per heavy atom. The van der Waals surface area contributed by atoms with Gasteiger partial charge in [-0.25, -0.2) is 9.67 Å². The van der Waals surface area contributed by atoms with Crippen molar-refractivity contribution < 1.29 is 0 Å². The SMILES string of the molecule is CCn1nc(C)c2nc(CCCl)n(CCCN(C)C)c21. The molecule has 2 aromatic rings. The number of rotatable bonds is 7. The van der Waals surface area contributed by atoms with E-state index in [2.05, 4.69) is 35.6 Å². The molecule has 0 aliphatic rings. The maximum absolute atomic E-state index is 5.92. The predicted molar refractivity (Wildman–Crippen MR) is 83.5 cm³/mol. The molecule has 0 aliphatic heterocycles. The summed E-state index contributed by atoms with van der Waals surface area (Å²) in [4.78, 5) is 6.96. The molecule has 2 rings (SSSR count). The lowest BCUT2D eigenvalue weighted by atomic mass is 10.3. The van der Waals surface area contributed by atoms with Gasteiger partial charge >= 0.3 is 0 Å². The molecule has 0 spiro atoms. The fourth-order valence-corrected chi connectivity index (χ4v) is 2.71. The minimum absolute atomic E-state index is 0.603. The molecule has 2 aromatic heterocycles. The molecule has 0 radical (unpaired) electrons. The van der Waals surface area contributed by atoms with E-state index in [1.54, 1.807) is 0 Å². The van der Waals surface area contributed by atoms with Crippen molar-refractivity contribution in [2.75, 3.05) is 26.5 Å². The van der Waals surface area contributed by atoms with Crippen LogP contribution in [0.15, 0.2) is 0 Å². The minimum atomic E-state index is 0.603. The van der Waals surface area contributed by atoms with Crippen molar-refractivity contribution in [3.63, 3.8) is 0 Å². The first kappa shape index (κ1) is 15.3. The third-order valence-electron chi connectivity index (χ3n) is 3.48. The molecule has 0 amide bonds. The van der Waals surface area contributed by atoms with E-state index >= 15 is 0 Å². The van der Waals surface area contributed by atoms with Crippen LogP contribution in [0.25, 0.3) is 11.2 Å². The smallest absolute Gasteiger partial charge is 0.158 e. The van der Waals surface area contributed by atoms with Crippen LogP contribution < -0.4 is 0 Å². The van der Waals surface area contributed by atoms with E-state index < -0.39 is 0 Å². The minimum Gasteiger partial charge on any atom is -0.313 e. The number of nitrogens with zero attached hydrogens (tertiary/aromatic N) is 5. The molecular formula is C14H24ClN5. The van der Waals surface area contributed by atoms with Crippen molar-refractivity contribution in [3.05, 3.63) is 11.5 Å². The fraction of sp³-hybridized carbons (Fsp3) is 0.714. The van der Waals surface area contributed by atoms with Crippen LogP contribution in [-0.4, -0.2) is 50.8 Å². The first-order valence-electron chi connectivity index (χ1n) is 7.21. The summed E-state index contributed by atoms with van der Waals surface area (Å²) in [6.07, 6.45) is 1.91. The molecule has 2 heterocycles. The summed E-state index contributed by atoms with van der Waals surface area (Å²) in [5, 5.41) is 4.56. The maximum Gasteiger partial charge on any atom is 0.158 e. The van der Waals surface area contributed by atoms with Crippen LogP contribution in [0.1, 0.15) is 24.9 Å². The lowest BCUT2D eigenvalue weighted by molar-refractivity contribution is 0.385. The molecule has 112 valence electrons. The van der Waals surface area contributed by atoms with Gasteiger partial charge in [-0.15, -0.1) is 11.6 Å². The molecule has 6 heteroatoms. The fourth-order valence-electron chi connectivity index (χ4n) is 2.55. The highest BCUT2D eigenvalue weighted by Crippen LogP contribution is 2.21. The first-order chi connectivity index (χ1) is 9.58. The summed E-state index contributed by atoms with van der Waals surface area (Å²) >= 11 is 5.92. The summed E-state index contributed by atoms with van der Waals surface area (Å²) in [7, 11) is 4.20. The Balaban J connectivity index is 2.38. The van der Waals surface area contributed by atoms with Gasteiger partial charge in [-0.05, 0) is 40.9 Å². The monoisotopic (exact) mass is 297 g/mol. The van der Waals surface area contributed by atoms with Gasteiger partial charge in [-0.1, -0.05) is 0 Å². The quantitative estimate of drug-likeness (QED) is 0.736. The Bertz CT molecular complexity index is 570. The van der Waals surface area contributed by atoms with Crippen molar-refractivity contribution in [2.24, 2.45) is 0 Å². The third kappa shape index (κ3) is 2.99. The summed E-state index contributed by atoms with van der Waals surface area (Å²) in [5.41, 5.74) is 3.17. The highest BCUT2D eigenvalue weighted by atomic mass is 35.5. The van der Waals surface area contributed by atoms with Crippen LogP contribution in [0.3, 0.4) is 0 Å². The number of imidazole rings is 1. The number of alkyl halides is 1. The molecule has 20 heavy (non-hydrogen) atoms. The van der Waals surface area contributed by atoms with Crippen LogP contribution >= 0.6 is 11.6 Å². The topological polar surface area (TPSA) is 38.9 Å². The Morgan fingerprint density at radius 1 is 1.30 bits per heavy atom. The second kappa shape index (κ2) is 6.59. The number of hydrogen-bond acceptors (Lipinski definition) is 3. The van der Waals surface area contributed by atoms with Crippen LogP contribution in [0, 0.1) is 6.92 Å². The molecule has 0 aromatic carbocycles. The number of fused-ring (bicyclic) bond motifs is 1. The van der Waals surface area contributed by atoms with Crippen molar-refractivity contribution in [2.45, 2.75) is 39.8 Å². The van der Waals surface area contributed by atoms with Crippen molar-refractivity contribution in [1.82, 2.24) is 24.2 Å². The van der Waals surface area contributed by atoms with Crippen LogP contribution in [0.5, 0.6) is 0 Å². The van der Waals surface area contributed by atoms with Gasteiger partial charge in [0.25, 0.3) is 0 Å². The summed E-state index contributed by atoms with van der Waals surface area (Å²) in [6.45, 7) is 7.04. The second-order valence-electron chi connectivity index (χ2n) is 5.35. The van der Waals surface area contributed by atoms with E-state index in [1.165, 1.54) is 0 Å². The molecule has 0 unspecified atom stereocenters. The zero-order valence-electron chi connectivity index (χ0n) is 12.9. The lowest BCUT2D eigenvalue weighted by Crippen LogP contribution is -2.17. The largest absolute Gasteiger partial charge is 0.313 e. The van der Waals surface area contributed by atoms with Gasteiger partial charge in [0.05, 0.1) is 5.69 Å². The van der Waals surface area contributed by atoms with E-state index in [0.717, 1.165) is 55.2 Å². The van der Waals surface area contributed by atoms with Gasteiger partial charge in [0.15, 0.2) is 5.65 Å². The van der Waals surface area contributed by atoms with Crippen molar-refractivity contribution in [1.29, 1.82) is 0 Å². The highest BCUT2D eigenvalue weighted by Gasteiger charge is 2.17. The summed E-state index contributed by atoms with van der Waals surface area (Å²) < 4.78 is 4.34. The van der Waals surface area contributed by atoms with E-state index in [1.807, 2.05) is 11.6 Å². The first-order valence-corrected chi connectivity index (χ1v) is 7.75. The average molecular weight is 298 g/mol. The van der Waals surface area contributed by atoms with Gasteiger partial charge in [0, 0.05) is 25.4 Å². The third-order valence-corrected chi connectivity index (χ3v) is 3.67. The van der Waals surface area contributed by atoms with Gasteiger partial charge in [-0.3, -0.25) is 0 Å². The summed E-state index contributed by atoms with van der Waals surface area (Å²) in [5.74, 6) is 1.68. The van der Waals surface area contributed by atoms with Gasteiger partial charge in [0.2, 0.25) is 0 Å². The number of hydrogen-bond donors (Lipinski definition) is 0. The Hall–Kier alpha value is -1.07. The normalized spacial score (nSPS) is 11.9. The molecule has 0 saturated heterocycles. The zero-order valence-corrected chi connectivity index (χ0v) is 13.6. The Morgan fingerprint density at radius 2 is 2.05 bits per heavy atom. The second-order valence-corrected chi connectivity index (χ2v) is 5.73. The molecule has 0 bridgehead atoms.